The second-order valence-electron chi connectivity index (χ2n) is 3.29. The van der Waals surface area contributed by atoms with Gasteiger partial charge in [0.15, 0.2) is 5.76 Å². The molecule has 0 fully saturated rings. The third kappa shape index (κ3) is 2.40. The van der Waals surface area contributed by atoms with Gasteiger partial charge in [0.1, 0.15) is 5.76 Å². The Hall–Kier alpha value is -2.41. The van der Waals surface area contributed by atoms with Crippen LogP contribution >= 0.6 is 0 Å². The minimum atomic E-state index is -0.519. The maximum Gasteiger partial charge on any atom is 0.300 e. The fourth-order valence-electron chi connectivity index (χ4n) is 1.32. The maximum atomic E-state index is 11.4. The lowest BCUT2D eigenvalue weighted by Gasteiger charge is -2.00. The van der Waals surface area contributed by atoms with E-state index in [9.17, 15) is 9.59 Å². The summed E-state index contributed by atoms with van der Waals surface area (Å²) >= 11 is 0. The fourth-order valence-corrected chi connectivity index (χ4v) is 1.32. The minimum Gasteiger partial charge on any atom is -0.454 e. The van der Waals surface area contributed by atoms with Gasteiger partial charge in [-0.1, -0.05) is 0 Å². The van der Waals surface area contributed by atoms with E-state index in [2.05, 4.69) is 4.98 Å². The number of carbonyl (C=O) groups is 1. The maximum absolute atomic E-state index is 11.4. The van der Waals surface area contributed by atoms with E-state index in [-0.39, 0.29) is 17.9 Å². The highest BCUT2D eigenvalue weighted by atomic mass is 16.4. The Morgan fingerprint density at radius 1 is 1.47 bits per heavy atom. The lowest BCUT2D eigenvalue weighted by atomic mass is 10.4. The van der Waals surface area contributed by atoms with Gasteiger partial charge < -0.3 is 4.42 Å². The first-order valence-corrected chi connectivity index (χ1v) is 4.81. The second kappa shape index (κ2) is 4.62. The van der Waals surface area contributed by atoms with Crippen molar-refractivity contribution in [2.45, 2.75) is 6.54 Å². The molecule has 0 saturated carbocycles. The Labute approximate surface area is 95.8 Å². The first-order valence-electron chi connectivity index (χ1n) is 4.81. The molecule has 0 aliphatic heterocycles. The number of nitrogens with one attached hydrogen (secondary N) is 1. The molecule has 17 heavy (non-hydrogen) atoms. The predicted molar refractivity (Wildman–Crippen MR) is 58.0 cm³/mol. The summed E-state index contributed by atoms with van der Waals surface area (Å²) in [6.45, 7) is 0.213. The van der Waals surface area contributed by atoms with Crippen LogP contribution in [0.25, 0.3) is 0 Å². The van der Waals surface area contributed by atoms with E-state index in [0.717, 1.165) is 0 Å². The molecule has 0 spiro atoms. The van der Waals surface area contributed by atoms with E-state index in [0.29, 0.717) is 5.76 Å². The number of nitrogens with two attached hydrogens (primary N) is 1. The zero-order valence-corrected chi connectivity index (χ0v) is 8.79. The lowest BCUT2D eigenvalue weighted by Crippen LogP contribution is -2.29. The summed E-state index contributed by atoms with van der Waals surface area (Å²) in [5.41, 5.74) is 1.76. The first kappa shape index (κ1) is 11.1. The van der Waals surface area contributed by atoms with Crippen molar-refractivity contribution >= 4 is 5.91 Å². The highest BCUT2D eigenvalue weighted by molar-refractivity contribution is 5.90. The predicted octanol–water partition coefficient (Wildman–Crippen LogP) is -0.512. The molecule has 88 valence electrons. The number of aromatic nitrogens is 2. The first-order chi connectivity index (χ1) is 8.20. The lowest BCUT2D eigenvalue weighted by molar-refractivity contribution is 0.0924. The molecule has 0 radical (unpaired) electrons. The Kier molecular flexibility index (Phi) is 3.01. The summed E-state index contributed by atoms with van der Waals surface area (Å²) < 4.78 is 6.58. The van der Waals surface area contributed by atoms with Crippen LogP contribution in [0.1, 0.15) is 16.3 Å². The van der Waals surface area contributed by atoms with Crippen LogP contribution in [0.2, 0.25) is 0 Å². The van der Waals surface area contributed by atoms with Gasteiger partial charge in [-0.3, -0.25) is 19.6 Å². The number of hydrogen-bond acceptors (Lipinski definition) is 5. The monoisotopic (exact) mass is 234 g/mol. The Balaban J connectivity index is 2.20. The number of amides is 1. The van der Waals surface area contributed by atoms with Gasteiger partial charge in [0, 0.05) is 12.3 Å². The second-order valence-corrected chi connectivity index (χ2v) is 3.29. The van der Waals surface area contributed by atoms with Crippen LogP contribution in [-0.2, 0) is 6.54 Å². The van der Waals surface area contributed by atoms with Crippen LogP contribution in [0.3, 0.4) is 0 Å². The number of rotatable bonds is 3. The minimum absolute atomic E-state index is 0.0967. The van der Waals surface area contributed by atoms with Crippen LogP contribution in [-0.4, -0.2) is 15.5 Å². The number of nitrogens with zero attached hydrogens (tertiary/aromatic N) is 2. The van der Waals surface area contributed by atoms with Crippen molar-refractivity contribution in [3.63, 3.8) is 0 Å². The van der Waals surface area contributed by atoms with Gasteiger partial charge in [0.25, 0.3) is 5.56 Å². The van der Waals surface area contributed by atoms with Gasteiger partial charge in [-0.05, 0) is 12.1 Å². The topological polar surface area (TPSA) is 103 Å². The zero-order chi connectivity index (χ0) is 12.3. The van der Waals surface area contributed by atoms with Crippen molar-refractivity contribution in [3.8, 4) is 0 Å². The number of hydrazine groups is 1. The number of furan rings is 1. The van der Waals surface area contributed by atoms with Crippen LogP contribution in [0.4, 0.5) is 0 Å². The summed E-state index contributed by atoms with van der Waals surface area (Å²) in [5, 5.41) is 0. The Morgan fingerprint density at radius 2 is 2.29 bits per heavy atom. The summed E-state index contributed by atoms with van der Waals surface area (Å²) in [7, 11) is 0. The largest absolute Gasteiger partial charge is 0.454 e. The van der Waals surface area contributed by atoms with E-state index in [1.165, 1.54) is 29.2 Å². The SMILES string of the molecule is NNC(=O)c1ccc(Cn2cnccc2=O)o1. The van der Waals surface area contributed by atoms with Gasteiger partial charge in [-0.25, -0.2) is 10.8 Å². The van der Waals surface area contributed by atoms with Crippen molar-refractivity contribution in [3.05, 3.63) is 52.6 Å². The van der Waals surface area contributed by atoms with Crippen LogP contribution < -0.4 is 16.8 Å². The number of hydrogen-bond donors (Lipinski definition) is 2. The molecule has 1 amide bonds. The third-order valence-corrected chi connectivity index (χ3v) is 2.14. The highest BCUT2D eigenvalue weighted by Crippen LogP contribution is 2.08. The summed E-state index contributed by atoms with van der Waals surface area (Å²) in [6, 6.07) is 4.43. The Morgan fingerprint density at radius 3 is 3.00 bits per heavy atom. The molecular formula is C10H10N4O3. The van der Waals surface area contributed by atoms with E-state index in [1.807, 2.05) is 5.43 Å². The molecule has 0 unspecified atom stereocenters. The van der Waals surface area contributed by atoms with Crippen LogP contribution in [0, 0.1) is 0 Å². The molecular weight excluding hydrogens is 224 g/mol. The van der Waals surface area contributed by atoms with Gasteiger partial charge in [0.2, 0.25) is 0 Å². The van der Waals surface area contributed by atoms with Gasteiger partial charge in [0.05, 0.1) is 12.9 Å². The average Bonchev–Trinajstić information content (AvgIpc) is 2.80. The van der Waals surface area contributed by atoms with E-state index in [4.69, 9.17) is 10.3 Å². The summed E-state index contributed by atoms with van der Waals surface area (Å²) in [5.74, 6) is 5.01. The Bertz CT molecular complexity index is 587. The average molecular weight is 234 g/mol. The zero-order valence-electron chi connectivity index (χ0n) is 8.79. The molecule has 0 aromatic carbocycles. The third-order valence-electron chi connectivity index (χ3n) is 2.14. The van der Waals surface area contributed by atoms with Crippen molar-refractivity contribution in [2.75, 3.05) is 0 Å². The molecule has 0 saturated heterocycles. The van der Waals surface area contributed by atoms with Gasteiger partial charge in [-0.15, -0.1) is 0 Å². The highest BCUT2D eigenvalue weighted by Gasteiger charge is 2.09. The normalized spacial score (nSPS) is 10.2. The van der Waals surface area contributed by atoms with Gasteiger partial charge in [-0.2, -0.15) is 0 Å². The molecule has 2 aromatic heterocycles. The van der Waals surface area contributed by atoms with Crippen molar-refractivity contribution in [2.24, 2.45) is 5.84 Å². The molecule has 0 bridgehead atoms. The quantitative estimate of drug-likeness (QED) is 0.423. The summed E-state index contributed by atoms with van der Waals surface area (Å²) in [6.07, 6.45) is 2.81. The number of nitrogen functional groups attached to an aromatic ring is 1. The van der Waals surface area contributed by atoms with Gasteiger partial charge >= 0.3 is 5.91 Å². The molecule has 2 aromatic rings. The molecule has 7 heteroatoms. The van der Waals surface area contributed by atoms with E-state index < -0.39 is 5.91 Å². The molecule has 3 N–H and O–H groups in total. The van der Waals surface area contributed by atoms with Crippen molar-refractivity contribution in [1.29, 1.82) is 0 Å². The molecule has 7 nitrogen and oxygen atoms in total. The van der Waals surface area contributed by atoms with E-state index >= 15 is 0 Å². The fraction of sp³-hybridized carbons (Fsp3) is 0.100. The van der Waals surface area contributed by atoms with Crippen LogP contribution in [0.15, 0.2) is 39.9 Å². The standard InChI is InChI=1S/C10H10N4O3/c11-13-10(16)8-2-1-7(17-8)5-14-6-12-4-3-9(14)15/h1-4,6H,5,11H2,(H,13,16). The number of carbonyl (C=O) groups excluding carboxylic acids is 1. The van der Waals surface area contributed by atoms with Crippen LogP contribution in [0.5, 0.6) is 0 Å². The molecule has 2 rings (SSSR count). The van der Waals surface area contributed by atoms with Crippen molar-refractivity contribution < 1.29 is 9.21 Å². The van der Waals surface area contributed by atoms with Crippen molar-refractivity contribution in [1.82, 2.24) is 15.0 Å². The molecule has 2 heterocycles. The summed E-state index contributed by atoms with van der Waals surface area (Å²) in [4.78, 5) is 26.4. The molecule has 0 aliphatic rings. The molecule has 0 atom stereocenters. The smallest absolute Gasteiger partial charge is 0.300 e. The van der Waals surface area contributed by atoms with E-state index in [1.54, 1.807) is 6.07 Å². The molecule has 0 aliphatic carbocycles.